The first-order chi connectivity index (χ1) is 13.1. The summed E-state index contributed by atoms with van der Waals surface area (Å²) in [7, 11) is 1.58. The molecule has 27 heavy (non-hydrogen) atoms. The van der Waals surface area contributed by atoms with Crippen LogP contribution < -0.4 is 15.0 Å². The highest BCUT2D eigenvalue weighted by molar-refractivity contribution is 6.01. The van der Waals surface area contributed by atoms with Crippen LogP contribution in [-0.4, -0.2) is 31.5 Å². The molecule has 6 heteroatoms. The number of anilines is 1. The van der Waals surface area contributed by atoms with E-state index in [1.165, 1.54) is 0 Å². The summed E-state index contributed by atoms with van der Waals surface area (Å²) in [5, 5.41) is 3.80. The average Bonchev–Trinajstić information content (AvgIpc) is 3.21. The number of methoxy groups -OCH3 is 1. The number of carbonyl (C=O) groups is 2. The first kappa shape index (κ1) is 17.1. The van der Waals surface area contributed by atoms with Crippen LogP contribution in [0.15, 0.2) is 52.9 Å². The highest BCUT2D eigenvalue weighted by Crippen LogP contribution is 2.29. The van der Waals surface area contributed by atoms with Gasteiger partial charge in [-0.3, -0.25) is 9.59 Å². The summed E-state index contributed by atoms with van der Waals surface area (Å²) in [6.07, 6.45) is 0.272. The van der Waals surface area contributed by atoms with Crippen molar-refractivity contribution in [3.63, 3.8) is 0 Å². The monoisotopic (exact) mass is 364 g/mol. The molecule has 0 bridgehead atoms. The molecule has 1 saturated heterocycles. The number of hydrogen-bond donors (Lipinski definition) is 1. The molecule has 2 aromatic carbocycles. The fourth-order valence-corrected chi connectivity index (χ4v) is 3.46. The molecule has 1 aliphatic heterocycles. The third-order valence-corrected chi connectivity index (χ3v) is 4.88. The fourth-order valence-electron chi connectivity index (χ4n) is 3.46. The summed E-state index contributed by atoms with van der Waals surface area (Å²) in [6.45, 7) is 2.30. The molecule has 1 aromatic heterocycles. The summed E-state index contributed by atoms with van der Waals surface area (Å²) >= 11 is 0. The Labute approximate surface area is 156 Å². The molecule has 4 rings (SSSR count). The van der Waals surface area contributed by atoms with E-state index in [4.69, 9.17) is 9.15 Å². The zero-order chi connectivity index (χ0) is 19.0. The summed E-state index contributed by atoms with van der Waals surface area (Å²) in [5.74, 6) is 0.625. The molecule has 1 N–H and O–H groups in total. The van der Waals surface area contributed by atoms with E-state index >= 15 is 0 Å². The van der Waals surface area contributed by atoms with E-state index in [9.17, 15) is 9.59 Å². The van der Waals surface area contributed by atoms with Crippen molar-refractivity contribution < 1.29 is 18.7 Å². The van der Waals surface area contributed by atoms with E-state index in [2.05, 4.69) is 5.32 Å². The van der Waals surface area contributed by atoms with Crippen LogP contribution in [0.2, 0.25) is 0 Å². The van der Waals surface area contributed by atoms with E-state index in [1.54, 1.807) is 18.1 Å². The zero-order valence-corrected chi connectivity index (χ0v) is 15.2. The Kier molecular flexibility index (Phi) is 4.32. The Morgan fingerprint density at radius 2 is 2.00 bits per heavy atom. The standard InChI is InChI=1S/C21H20N2O4/c1-13-17-9-8-16(26-2)11-18(17)27-20(13)21(25)22-14-10-19(24)23(12-14)15-6-4-3-5-7-15/h3-9,11,14H,10,12H2,1-2H3,(H,22,25)/t14-/m0/s1. The van der Waals surface area contributed by atoms with Crippen LogP contribution in [0.1, 0.15) is 22.5 Å². The minimum Gasteiger partial charge on any atom is -0.497 e. The molecule has 6 nitrogen and oxygen atoms in total. The average molecular weight is 364 g/mol. The second-order valence-corrected chi connectivity index (χ2v) is 6.63. The molecule has 1 aliphatic rings. The molecule has 0 aliphatic carbocycles. The quantitative estimate of drug-likeness (QED) is 0.771. The van der Waals surface area contributed by atoms with Crippen molar-refractivity contribution in [2.45, 2.75) is 19.4 Å². The minimum atomic E-state index is -0.310. The van der Waals surface area contributed by atoms with Crippen LogP contribution >= 0.6 is 0 Å². The normalized spacial score (nSPS) is 16.7. The Balaban J connectivity index is 1.52. The minimum absolute atomic E-state index is 0.00226. The lowest BCUT2D eigenvalue weighted by Gasteiger charge is -2.16. The lowest BCUT2D eigenvalue weighted by atomic mass is 10.1. The number of hydrogen-bond acceptors (Lipinski definition) is 4. The lowest BCUT2D eigenvalue weighted by Crippen LogP contribution is -2.37. The molecule has 0 radical (unpaired) electrons. The van der Waals surface area contributed by atoms with Gasteiger partial charge in [0.15, 0.2) is 5.76 Å². The number of fused-ring (bicyclic) bond motifs is 1. The van der Waals surface area contributed by atoms with Gasteiger partial charge in [0.1, 0.15) is 11.3 Å². The molecular formula is C21H20N2O4. The summed E-state index contributed by atoms with van der Waals surface area (Å²) < 4.78 is 11.0. The van der Waals surface area contributed by atoms with E-state index in [0.717, 1.165) is 16.6 Å². The van der Waals surface area contributed by atoms with Gasteiger partial charge in [0.25, 0.3) is 5.91 Å². The number of ether oxygens (including phenoxy) is 1. The van der Waals surface area contributed by atoms with Gasteiger partial charge in [0, 0.05) is 35.7 Å². The second kappa shape index (κ2) is 6.79. The molecule has 1 atom stereocenters. The van der Waals surface area contributed by atoms with Gasteiger partial charge in [-0.15, -0.1) is 0 Å². The van der Waals surface area contributed by atoms with Gasteiger partial charge in [-0.2, -0.15) is 0 Å². The van der Waals surface area contributed by atoms with Crippen molar-refractivity contribution >= 4 is 28.5 Å². The summed E-state index contributed by atoms with van der Waals surface area (Å²) in [5.41, 5.74) is 2.21. The molecule has 0 unspecified atom stereocenters. The Morgan fingerprint density at radius 1 is 1.22 bits per heavy atom. The number of rotatable bonds is 4. The number of para-hydroxylation sites is 1. The zero-order valence-electron chi connectivity index (χ0n) is 15.2. The Bertz CT molecular complexity index is 1010. The fraction of sp³-hybridized carbons (Fsp3) is 0.238. The predicted octanol–water partition coefficient (Wildman–Crippen LogP) is 3.29. The Morgan fingerprint density at radius 3 is 2.74 bits per heavy atom. The van der Waals surface area contributed by atoms with Crippen molar-refractivity contribution in [2.75, 3.05) is 18.6 Å². The molecule has 2 heterocycles. The van der Waals surface area contributed by atoms with E-state index in [0.29, 0.717) is 17.9 Å². The predicted molar refractivity (Wildman–Crippen MR) is 102 cm³/mol. The highest BCUT2D eigenvalue weighted by atomic mass is 16.5. The van der Waals surface area contributed by atoms with Crippen LogP contribution in [0.5, 0.6) is 5.75 Å². The molecule has 1 fully saturated rings. The van der Waals surface area contributed by atoms with Gasteiger partial charge in [-0.05, 0) is 31.2 Å². The van der Waals surface area contributed by atoms with E-state index in [-0.39, 0.29) is 30.0 Å². The van der Waals surface area contributed by atoms with Crippen LogP contribution in [-0.2, 0) is 4.79 Å². The number of nitrogens with one attached hydrogen (secondary N) is 1. The van der Waals surface area contributed by atoms with Crippen molar-refractivity contribution in [2.24, 2.45) is 0 Å². The molecule has 0 spiro atoms. The first-order valence-electron chi connectivity index (χ1n) is 8.80. The van der Waals surface area contributed by atoms with Crippen molar-refractivity contribution in [3.8, 4) is 5.75 Å². The highest BCUT2D eigenvalue weighted by Gasteiger charge is 2.32. The number of aryl methyl sites for hydroxylation is 1. The third kappa shape index (κ3) is 3.14. The molecule has 0 saturated carbocycles. The van der Waals surface area contributed by atoms with Crippen LogP contribution in [0.25, 0.3) is 11.0 Å². The number of nitrogens with zero attached hydrogens (tertiary/aromatic N) is 1. The maximum Gasteiger partial charge on any atom is 0.287 e. The van der Waals surface area contributed by atoms with Gasteiger partial charge >= 0.3 is 0 Å². The SMILES string of the molecule is COc1ccc2c(C)c(C(=O)N[C@H]3CC(=O)N(c4ccccc4)C3)oc2c1. The van der Waals surface area contributed by atoms with E-state index < -0.39 is 0 Å². The van der Waals surface area contributed by atoms with Gasteiger partial charge in [-0.25, -0.2) is 0 Å². The van der Waals surface area contributed by atoms with Crippen LogP contribution in [0.3, 0.4) is 0 Å². The van der Waals surface area contributed by atoms with Gasteiger partial charge in [-0.1, -0.05) is 18.2 Å². The molecule has 3 aromatic rings. The molecule has 2 amide bonds. The van der Waals surface area contributed by atoms with Crippen molar-refractivity contribution in [1.82, 2.24) is 5.32 Å². The Hall–Kier alpha value is -3.28. The van der Waals surface area contributed by atoms with Crippen molar-refractivity contribution in [3.05, 3.63) is 59.9 Å². The van der Waals surface area contributed by atoms with E-state index in [1.807, 2.05) is 49.4 Å². The topological polar surface area (TPSA) is 71.8 Å². The maximum absolute atomic E-state index is 12.7. The smallest absolute Gasteiger partial charge is 0.287 e. The van der Waals surface area contributed by atoms with Gasteiger partial charge < -0.3 is 19.4 Å². The van der Waals surface area contributed by atoms with Crippen LogP contribution in [0, 0.1) is 6.92 Å². The largest absolute Gasteiger partial charge is 0.497 e. The van der Waals surface area contributed by atoms with Crippen LogP contribution in [0.4, 0.5) is 5.69 Å². The first-order valence-corrected chi connectivity index (χ1v) is 8.80. The maximum atomic E-state index is 12.7. The second-order valence-electron chi connectivity index (χ2n) is 6.63. The molecule has 138 valence electrons. The lowest BCUT2D eigenvalue weighted by molar-refractivity contribution is -0.117. The number of furan rings is 1. The number of benzene rings is 2. The summed E-state index contributed by atoms with van der Waals surface area (Å²) in [4.78, 5) is 26.7. The van der Waals surface area contributed by atoms with Gasteiger partial charge in [0.2, 0.25) is 5.91 Å². The summed E-state index contributed by atoms with van der Waals surface area (Å²) in [6, 6.07) is 14.7. The third-order valence-electron chi connectivity index (χ3n) is 4.88. The van der Waals surface area contributed by atoms with Gasteiger partial charge in [0.05, 0.1) is 13.2 Å². The van der Waals surface area contributed by atoms with Crippen molar-refractivity contribution in [1.29, 1.82) is 0 Å². The molecular weight excluding hydrogens is 344 g/mol. The number of amides is 2. The number of carbonyl (C=O) groups excluding carboxylic acids is 2.